The highest BCUT2D eigenvalue weighted by molar-refractivity contribution is 5.01. The molecule has 3 N–H and O–H groups in total. The number of fused-ring (bicyclic) bond motifs is 1. The summed E-state index contributed by atoms with van der Waals surface area (Å²) in [6, 6.07) is 0.0409. The molecule has 0 saturated heterocycles. The molecule has 0 saturated carbocycles. The van der Waals surface area contributed by atoms with Crippen molar-refractivity contribution in [2.75, 3.05) is 6.61 Å². The molecule has 0 spiro atoms. The molecule has 5 heteroatoms. The summed E-state index contributed by atoms with van der Waals surface area (Å²) in [5.41, 5.74) is 5.92. The monoisotopic (exact) mass is 196 g/mol. The van der Waals surface area contributed by atoms with E-state index in [1.807, 2.05) is 4.68 Å². The number of aromatic nitrogens is 3. The van der Waals surface area contributed by atoms with Crippen LogP contribution in [0.4, 0.5) is 0 Å². The number of aryl methyl sites for hydroxylation is 2. The minimum absolute atomic E-state index is 0.0409. The van der Waals surface area contributed by atoms with Gasteiger partial charge in [-0.2, -0.15) is 5.10 Å². The van der Waals surface area contributed by atoms with E-state index >= 15 is 0 Å². The lowest BCUT2D eigenvalue weighted by molar-refractivity contribution is 0.287. The first kappa shape index (κ1) is 9.61. The molecule has 1 aromatic heterocycles. The van der Waals surface area contributed by atoms with Gasteiger partial charge in [0.25, 0.3) is 0 Å². The van der Waals surface area contributed by atoms with Crippen molar-refractivity contribution in [3.8, 4) is 0 Å². The molecule has 1 aliphatic heterocycles. The van der Waals surface area contributed by atoms with Gasteiger partial charge in [-0.1, -0.05) is 0 Å². The van der Waals surface area contributed by atoms with E-state index in [1.54, 1.807) is 0 Å². The molecule has 0 bridgehead atoms. The summed E-state index contributed by atoms with van der Waals surface area (Å²) in [4.78, 5) is 4.39. The summed E-state index contributed by atoms with van der Waals surface area (Å²) in [7, 11) is 0. The molecule has 0 aliphatic carbocycles. The van der Waals surface area contributed by atoms with Crippen molar-refractivity contribution in [3.05, 3.63) is 11.6 Å². The van der Waals surface area contributed by atoms with E-state index < -0.39 is 0 Å². The van der Waals surface area contributed by atoms with Crippen LogP contribution in [0.2, 0.25) is 0 Å². The first-order valence-corrected chi connectivity index (χ1v) is 5.11. The Hall–Kier alpha value is -0.940. The normalized spacial score (nSPS) is 20.9. The minimum atomic E-state index is 0.0409. The Morgan fingerprint density at radius 1 is 1.57 bits per heavy atom. The van der Waals surface area contributed by atoms with Crippen molar-refractivity contribution in [2.24, 2.45) is 5.73 Å². The van der Waals surface area contributed by atoms with Gasteiger partial charge >= 0.3 is 0 Å². The number of rotatable bonds is 3. The smallest absolute Gasteiger partial charge is 0.151 e. The van der Waals surface area contributed by atoms with Crippen LogP contribution < -0.4 is 5.73 Å². The average Bonchev–Trinajstić information content (AvgIpc) is 2.59. The van der Waals surface area contributed by atoms with E-state index in [1.165, 1.54) is 0 Å². The SMILES string of the molecule is NC1CCCn2nc(CCCO)nc21. The minimum Gasteiger partial charge on any atom is -0.396 e. The highest BCUT2D eigenvalue weighted by Crippen LogP contribution is 2.20. The van der Waals surface area contributed by atoms with Gasteiger partial charge in [-0.15, -0.1) is 0 Å². The van der Waals surface area contributed by atoms with Gasteiger partial charge in [-0.05, 0) is 19.3 Å². The summed E-state index contributed by atoms with van der Waals surface area (Å²) in [5, 5.41) is 13.0. The zero-order valence-electron chi connectivity index (χ0n) is 8.19. The molecule has 0 aromatic carbocycles. The maximum atomic E-state index is 8.70. The zero-order valence-corrected chi connectivity index (χ0v) is 8.19. The molecule has 1 atom stereocenters. The molecule has 2 heterocycles. The van der Waals surface area contributed by atoms with Crippen molar-refractivity contribution >= 4 is 0 Å². The second-order valence-corrected chi connectivity index (χ2v) is 3.69. The van der Waals surface area contributed by atoms with Gasteiger partial charge in [-0.25, -0.2) is 9.67 Å². The highest BCUT2D eigenvalue weighted by atomic mass is 16.2. The quantitative estimate of drug-likeness (QED) is 0.713. The Balaban J connectivity index is 2.13. The third-order valence-corrected chi connectivity index (χ3v) is 2.52. The summed E-state index contributed by atoms with van der Waals surface area (Å²) in [6.07, 6.45) is 3.54. The second kappa shape index (κ2) is 4.06. The lowest BCUT2D eigenvalue weighted by atomic mass is 10.1. The van der Waals surface area contributed by atoms with Crippen molar-refractivity contribution in [3.63, 3.8) is 0 Å². The van der Waals surface area contributed by atoms with Crippen molar-refractivity contribution in [1.29, 1.82) is 0 Å². The molecule has 1 aliphatic rings. The van der Waals surface area contributed by atoms with Crippen LogP contribution in [0.5, 0.6) is 0 Å². The van der Waals surface area contributed by atoms with Crippen LogP contribution in [-0.4, -0.2) is 26.5 Å². The Morgan fingerprint density at radius 3 is 3.14 bits per heavy atom. The molecule has 0 radical (unpaired) electrons. The standard InChI is InChI=1S/C9H16N4O/c10-7-3-1-5-13-9(7)11-8(12-13)4-2-6-14/h7,14H,1-6,10H2. The Bertz CT molecular complexity index is 310. The fourth-order valence-corrected chi connectivity index (χ4v) is 1.77. The van der Waals surface area contributed by atoms with Crippen molar-refractivity contribution < 1.29 is 5.11 Å². The molecule has 2 rings (SSSR count). The Labute approximate surface area is 82.9 Å². The topological polar surface area (TPSA) is 77.0 Å². The molecule has 78 valence electrons. The number of aliphatic hydroxyl groups excluding tert-OH is 1. The Kier molecular flexibility index (Phi) is 2.79. The van der Waals surface area contributed by atoms with Crippen LogP contribution in [0.3, 0.4) is 0 Å². The number of hydrogen-bond acceptors (Lipinski definition) is 4. The Morgan fingerprint density at radius 2 is 2.43 bits per heavy atom. The average molecular weight is 196 g/mol. The number of nitrogens with zero attached hydrogens (tertiary/aromatic N) is 3. The van der Waals surface area contributed by atoms with Gasteiger partial charge in [0.15, 0.2) is 5.82 Å². The van der Waals surface area contributed by atoms with E-state index in [0.29, 0.717) is 0 Å². The summed E-state index contributed by atoms with van der Waals surface area (Å²) in [5.74, 6) is 1.72. The largest absolute Gasteiger partial charge is 0.396 e. The van der Waals surface area contributed by atoms with E-state index in [2.05, 4.69) is 10.1 Å². The maximum Gasteiger partial charge on any atom is 0.151 e. The first-order chi connectivity index (χ1) is 6.81. The van der Waals surface area contributed by atoms with Gasteiger partial charge in [-0.3, -0.25) is 0 Å². The number of nitrogens with two attached hydrogens (primary N) is 1. The third kappa shape index (κ3) is 1.78. The van der Waals surface area contributed by atoms with Crippen LogP contribution in [0.1, 0.15) is 37.0 Å². The van der Waals surface area contributed by atoms with Crippen LogP contribution >= 0.6 is 0 Å². The predicted octanol–water partition coefficient (Wildman–Crippen LogP) is -0.00340. The molecule has 14 heavy (non-hydrogen) atoms. The molecule has 5 nitrogen and oxygen atoms in total. The van der Waals surface area contributed by atoms with Gasteiger partial charge in [0.05, 0.1) is 6.04 Å². The molecule has 0 fully saturated rings. The molecule has 0 amide bonds. The van der Waals surface area contributed by atoms with E-state index in [4.69, 9.17) is 10.8 Å². The third-order valence-electron chi connectivity index (χ3n) is 2.52. The lowest BCUT2D eigenvalue weighted by Crippen LogP contribution is -2.22. The van der Waals surface area contributed by atoms with Crippen LogP contribution in [0.15, 0.2) is 0 Å². The van der Waals surface area contributed by atoms with Crippen LogP contribution in [-0.2, 0) is 13.0 Å². The fourth-order valence-electron chi connectivity index (χ4n) is 1.77. The van der Waals surface area contributed by atoms with Gasteiger partial charge < -0.3 is 10.8 Å². The lowest BCUT2D eigenvalue weighted by Gasteiger charge is -2.17. The van der Waals surface area contributed by atoms with Crippen molar-refractivity contribution in [1.82, 2.24) is 14.8 Å². The highest BCUT2D eigenvalue weighted by Gasteiger charge is 2.20. The molecule has 1 unspecified atom stereocenters. The second-order valence-electron chi connectivity index (χ2n) is 3.69. The summed E-state index contributed by atoms with van der Waals surface area (Å²) in [6.45, 7) is 1.12. The zero-order chi connectivity index (χ0) is 9.97. The number of aliphatic hydroxyl groups is 1. The fraction of sp³-hybridized carbons (Fsp3) is 0.778. The maximum absolute atomic E-state index is 8.70. The van der Waals surface area contributed by atoms with Crippen molar-refractivity contribution in [2.45, 2.75) is 38.3 Å². The van der Waals surface area contributed by atoms with Gasteiger partial charge in [0.1, 0.15) is 5.82 Å². The summed E-state index contributed by atoms with van der Waals surface area (Å²) >= 11 is 0. The first-order valence-electron chi connectivity index (χ1n) is 5.11. The number of hydrogen-bond donors (Lipinski definition) is 2. The molecular formula is C9H16N4O. The van der Waals surface area contributed by atoms with Crippen LogP contribution in [0.25, 0.3) is 0 Å². The van der Waals surface area contributed by atoms with E-state index in [9.17, 15) is 0 Å². The van der Waals surface area contributed by atoms with E-state index in [-0.39, 0.29) is 12.6 Å². The van der Waals surface area contributed by atoms with E-state index in [0.717, 1.165) is 43.9 Å². The predicted molar refractivity (Wildman–Crippen MR) is 51.6 cm³/mol. The van der Waals surface area contributed by atoms with Gasteiger partial charge in [0.2, 0.25) is 0 Å². The van der Waals surface area contributed by atoms with Crippen LogP contribution in [0, 0.1) is 0 Å². The van der Waals surface area contributed by atoms with Gasteiger partial charge in [0, 0.05) is 19.6 Å². The summed E-state index contributed by atoms with van der Waals surface area (Å²) < 4.78 is 1.90. The molecular weight excluding hydrogens is 180 g/mol. The molecule has 1 aromatic rings.